The van der Waals surface area contributed by atoms with E-state index in [0.29, 0.717) is 29.1 Å². The number of rotatable bonds is 6. The summed E-state index contributed by atoms with van der Waals surface area (Å²) in [4.78, 5) is 16.0. The third kappa shape index (κ3) is 3.29. The molecule has 1 aromatic heterocycles. The zero-order valence-electron chi connectivity index (χ0n) is 15.8. The molecule has 1 saturated carbocycles. The summed E-state index contributed by atoms with van der Waals surface area (Å²) in [5, 5.41) is 17.0. The van der Waals surface area contributed by atoms with Crippen LogP contribution in [0.25, 0.3) is 0 Å². The molecular weight excluding hydrogens is 328 g/mol. The van der Waals surface area contributed by atoms with Gasteiger partial charge < -0.3 is 10.4 Å². The molecule has 138 valence electrons. The fourth-order valence-electron chi connectivity index (χ4n) is 3.11. The van der Waals surface area contributed by atoms with Crippen LogP contribution in [0.4, 0.5) is 0 Å². The Morgan fingerprint density at radius 1 is 1.42 bits per heavy atom. The average molecular weight is 354 g/mol. The maximum atomic E-state index is 11.5. The maximum absolute atomic E-state index is 11.5. The summed E-state index contributed by atoms with van der Waals surface area (Å²) in [5.41, 5.74) is 3.43. The van der Waals surface area contributed by atoms with E-state index in [9.17, 15) is 9.90 Å². The van der Waals surface area contributed by atoms with Gasteiger partial charge in [0.1, 0.15) is 17.4 Å². The predicted octanol–water partition coefficient (Wildman–Crippen LogP) is 2.79. The van der Waals surface area contributed by atoms with Gasteiger partial charge in [0.25, 0.3) is 0 Å². The third-order valence-electron chi connectivity index (χ3n) is 5.36. The minimum absolute atomic E-state index is 0.0662. The highest BCUT2D eigenvalue weighted by atomic mass is 16.3. The molecule has 6 nitrogen and oxygen atoms in total. The maximum Gasteiger partial charge on any atom is 0.170 e. The second kappa shape index (κ2) is 7.03. The summed E-state index contributed by atoms with van der Waals surface area (Å²) >= 11 is 0. The Morgan fingerprint density at radius 3 is 2.58 bits per heavy atom. The van der Waals surface area contributed by atoms with E-state index < -0.39 is 0 Å². The van der Waals surface area contributed by atoms with Gasteiger partial charge in [-0.2, -0.15) is 5.10 Å². The number of hydrogen-bond acceptors (Lipinski definition) is 4. The van der Waals surface area contributed by atoms with Crippen LogP contribution >= 0.6 is 0 Å². The highest BCUT2D eigenvalue weighted by Crippen LogP contribution is 2.47. The average Bonchev–Trinajstić information content (AvgIpc) is 3.32. The number of hydrogen-bond donors (Lipinski definition) is 2. The molecule has 1 aliphatic rings. The molecule has 2 aromatic rings. The van der Waals surface area contributed by atoms with Crippen molar-refractivity contribution in [2.24, 2.45) is 5.10 Å². The van der Waals surface area contributed by atoms with Crippen molar-refractivity contribution in [3.63, 3.8) is 0 Å². The van der Waals surface area contributed by atoms with E-state index in [4.69, 9.17) is 0 Å². The first-order valence-electron chi connectivity index (χ1n) is 8.95. The van der Waals surface area contributed by atoms with Crippen LogP contribution in [0.5, 0.6) is 0 Å². The van der Waals surface area contributed by atoms with Crippen LogP contribution in [0.2, 0.25) is 0 Å². The van der Waals surface area contributed by atoms with Gasteiger partial charge >= 0.3 is 0 Å². The van der Waals surface area contributed by atoms with Crippen molar-refractivity contribution in [2.45, 2.75) is 51.6 Å². The Balaban J connectivity index is 2.01. The number of nitrogens with zero attached hydrogens (tertiary/aromatic N) is 3. The van der Waals surface area contributed by atoms with E-state index in [-0.39, 0.29) is 18.2 Å². The molecule has 3 rings (SSSR count). The lowest BCUT2D eigenvalue weighted by Gasteiger charge is -2.15. The number of carbonyl (C=O) groups is 1. The topological polar surface area (TPSA) is 79.5 Å². The molecule has 0 aliphatic heterocycles. The van der Waals surface area contributed by atoms with Crippen molar-refractivity contribution in [1.82, 2.24) is 15.0 Å². The quantitative estimate of drug-likeness (QED) is 0.475. The van der Waals surface area contributed by atoms with Gasteiger partial charge in [0.05, 0.1) is 12.3 Å². The number of benzene rings is 1. The smallest absolute Gasteiger partial charge is 0.170 e. The molecule has 26 heavy (non-hydrogen) atoms. The second-order valence-electron chi connectivity index (χ2n) is 7.23. The molecule has 1 unspecified atom stereocenters. The van der Waals surface area contributed by atoms with Gasteiger partial charge in [-0.25, -0.2) is 9.66 Å². The van der Waals surface area contributed by atoms with E-state index in [1.54, 1.807) is 7.05 Å². The Bertz CT molecular complexity index is 832. The zero-order chi connectivity index (χ0) is 18.9. The molecule has 0 spiro atoms. The van der Waals surface area contributed by atoms with Crippen LogP contribution < -0.4 is 5.32 Å². The minimum Gasteiger partial charge on any atom is -0.390 e. The van der Waals surface area contributed by atoms with E-state index in [1.165, 1.54) is 23.1 Å². The number of imidazole rings is 1. The number of carbonyl (C=O) groups excluding carboxylic acids is 1. The van der Waals surface area contributed by atoms with Crippen molar-refractivity contribution in [1.29, 1.82) is 0 Å². The highest BCUT2D eigenvalue weighted by Gasteiger charge is 2.38. The van der Waals surface area contributed by atoms with Crippen LogP contribution in [-0.4, -0.2) is 33.9 Å². The summed E-state index contributed by atoms with van der Waals surface area (Å²) in [5.74, 6) is 1.22. The highest BCUT2D eigenvalue weighted by molar-refractivity contribution is 5.80. The first-order valence-corrected chi connectivity index (χ1v) is 8.95. The molecule has 2 N–H and O–H groups in total. The molecular formula is C20H26N4O2. The zero-order valence-corrected chi connectivity index (χ0v) is 15.8. The fourth-order valence-corrected chi connectivity index (χ4v) is 3.11. The van der Waals surface area contributed by atoms with Gasteiger partial charge in [-0.15, -0.1) is 0 Å². The summed E-state index contributed by atoms with van der Waals surface area (Å²) in [6.45, 7) is 5.84. The normalized spacial score (nSPS) is 17.0. The number of nitrogens with one attached hydrogen (secondary N) is 1. The van der Waals surface area contributed by atoms with Gasteiger partial charge in [0.2, 0.25) is 0 Å². The SMILES string of the molecule is CN/C(C)=N\n1c(C(C)c2ccc(C3(C)CC3)cc2)nc(CO)c1C=O. The second-order valence-corrected chi connectivity index (χ2v) is 7.23. The number of aliphatic hydroxyl groups is 1. The predicted molar refractivity (Wildman–Crippen MR) is 102 cm³/mol. The van der Waals surface area contributed by atoms with E-state index >= 15 is 0 Å². The van der Waals surface area contributed by atoms with E-state index in [0.717, 1.165) is 5.56 Å². The van der Waals surface area contributed by atoms with Crippen molar-refractivity contribution >= 4 is 12.1 Å². The van der Waals surface area contributed by atoms with Crippen LogP contribution in [-0.2, 0) is 12.0 Å². The Kier molecular flexibility index (Phi) is 4.96. The van der Waals surface area contributed by atoms with E-state index in [2.05, 4.69) is 46.6 Å². The number of aliphatic hydroxyl groups excluding tert-OH is 1. The standard InChI is InChI=1S/C20H26N4O2/c1-13(15-5-7-16(8-6-15)20(3)9-10-20)19-22-17(11-25)18(12-26)24(19)23-14(2)21-4/h5-8,12-13,25H,9-11H2,1-4H3,(H,21,23). The van der Waals surface area contributed by atoms with Crippen molar-refractivity contribution < 1.29 is 9.90 Å². The molecule has 0 radical (unpaired) electrons. The van der Waals surface area contributed by atoms with Crippen molar-refractivity contribution in [3.8, 4) is 0 Å². The Hall–Kier alpha value is -2.47. The molecule has 0 saturated heterocycles. The molecule has 0 bridgehead atoms. The minimum atomic E-state index is -0.299. The molecule has 1 atom stereocenters. The largest absolute Gasteiger partial charge is 0.390 e. The number of aldehydes is 1. The summed E-state index contributed by atoms with van der Waals surface area (Å²) in [6.07, 6.45) is 3.18. The lowest BCUT2D eigenvalue weighted by atomic mass is 9.93. The van der Waals surface area contributed by atoms with Crippen LogP contribution in [0.3, 0.4) is 0 Å². The van der Waals surface area contributed by atoms with Gasteiger partial charge in [-0.1, -0.05) is 38.1 Å². The van der Waals surface area contributed by atoms with Crippen molar-refractivity contribution in [3.05, 3.63) is 52.6 Å². The Labute approximate surface area is 154 Å². The molecule has 6 heteroatoms. The summed E-state index contributed by atoms with van der Waals surface area (Å²) in [6, 6.07) is 8.61. The van der Waals surface area contributed by atoms with Crippen LogP contribution in [0, 0.1) is 0 Å². The number of aromatic nitrogens is 2. The Morgan fingerprint density at radius 2 is 2.08 bits per heavy atom. The lowest BCUT2D eigenvalue weighted by molar-refractivity contribution is 0.111. The van der Waals surface area contributed by atoms with Crippen molar-refractivity contribution in [2.75, 3.05) is 7.05 Å². The van der Waals surface area contributed by atoms with Gasteiger partial charge in [0.15, 0.2) is 6.29 Å². The molecule has 1 fully saturated rings. The number of amidine groups is 1. The van der Waals surface area contributed by atoms with Gasteiger partial charge in [0, 0.05) is 13.0 Å². The monoisotopic (exact) mass is 354 g/mol. The van der Waals surface area contributed by atoms with E-state index in [1.807, 2.05) is 13.8 Å². The fraction of sp³-hybridized carbons (Fsp3) is 0.450. The molecule has 0 amide bonds. The lowest BCUT2D eigenvalue weighted by Crippen LogP contribution is -2.17. The molecule has 1 aromatic carbocycles. The van der Waals surface area contributed by atoms with Crippen LogP contribution in [0.15, 0.2) is 29.4 Å². The third-order valence-corrected chi connectivity index (χ3v) is 5.36. The summed E-state index contributed by atoms with van der Waals surface area (Å²) < 4.78 is 1.53. The van der Waals surface area contributed by atoms with Gasteiger partial charge in [-0.3, -0.25) is 4.79 Å². The van der Waals surface area contributed by atoms with Crippen LogP contribution in [0.1, 0.15) is 72.7 Å². The molecule has 1 aliphatic carbocycles. The first-order chi connectivity index (χ1) is 12.4. The van der Waals surface area contributed by atoms with Gasteiger partial charge in [-0.05, 0) is 36.3 Å². The molecule has 1 heterocycles. The summed E-state index contributed by atoms with van der Waals surface area (Å²) in [7, 11) is 1.77. The first kappa shape index (κ1) is 18.3.